The lowest BCUT2D eigenvalue weighted by Gasteiger charge is -2.12. The van der Waals surface area contributed by atoms with E-state index < -0.39 is 5.97 Å². The van der Waals surface area contributed by atoms with Gasteiger partial charge >= 0.3 is 5.97 Å². The van der Waals surface area contributed by atoms with Crippen LogP contribution in [0, 0.1) is 11.8 Å². The van der Waals surface area contributed by atoms with E-state index in [2.05, 4.69) is 5.32 Å². The molecule has 4 rings (SSSR count). The highest BCUT2D eigenvalue weighted by molar-refractivity contribution is 5.83. The first-order valence-corrected chi connectivity index (χ1v) is 9.90. The van der Waals surface area contributed by atoms with Gasteiger partial charge in [-0.25, -0.2) is 0 Å². The Morgan fingerprint density at radius 2 is 1.75 bits per heavy atom. The minimum Gasteiger partial charge on any atom is -0.489 e. The molecular formula is C23H25NO4. The molecule has 2 unspecified atom stereocenters. The normalized spacial score (nSPS) is 25.9. The third-order valence-corrected chi connectivity index (χ3v) is 5.81. The number of carboxylic acid groups (broad SMARTS) is 1. The number of carbonyl (C=O) groups is 2. The number of ether oxygens (including phenoxy) is 1. The number of benzene rings is 2. The van der Waals surface area contributed by atoms with E-state index in [1.807, 2.05) is 54.6 Å². The van der Waals surface area contributed by atoms with E-state index in [0.29, 0.717) is 19.4 Å². The Labute approximate surface area is 164 Å². The summed E-state index contributed by atoms with van der Waals surface area (Å²) in [5.41, 5.74) is 2.28. The van der Waals surface area contributed by atoms with Gasteiger partial charge in [-0.15, -0.1) is 0 Å². The second kappa shape index (κ2) is 8.05. The molecule has 0 saturated heterocycles. The number of hydrogen-bond donors (Lipinski definition) is 2. The largest absolute Gasteiger partial charge is 0.489 e. The molecule has 2 aliphatic rings. The molecule has 2 fully saturated rings. The minimum absolute atomic E-state index is 0.0000322. The molecule has 2 aromatic rings. The van der Waals surface area contributed by atoms with Gasteiger partial charge in [-0.3, -0.25) is 9.59 Å². The maximum Gasteiger partial charge on any atom is 0.306 e. The van der Waals surface area contributed by atoms with Gasteiger partial charge in [0.1, 0.15) is 12.4 Å². The summed E-state index contributed by atoms with van der Waals surface area (Å²) in [6.07, 6.45) is 2.81. The van der Waals surface area contributed by atoms with E-state index in [1.54, 1.807) is 0 Å². The van der Waals surface area contributed by atoms with Crippen molar-refractivity contribution < 1.29 is 19.4 Å². The van der Waals surface area contributed by atoms with Gasteiger partial charge in [0.25, 0.3) is 0 Å². The van der Waals surface area contributed by atoms with Gasteiger partial charge in [0.05, 0.1) is 5.92 Å². The van der Waals surface area contributed by atoms with Crippen LogP contribution < -0.4 is 10.1 Å². The zero-order chi connectivity index (χ0) is 19.5. The second-order valence-electron chi connectivity index (χ2n) is 7.85. The van der Waals surface area contributed by atoms with Crippen LogP contribution in [0.3, 0.4) is 0 Å². The summed E-state index contributed by atoms with van der Waals surface area (Å²) in [5.74, 6) is 0.0597. The zero-order valence-electron chi connectivity index (χ0n) is 15.7. The fraction of sp³-hybridized carbons (Fsp3) is 0.391. The third kappa shape index (κ3) is 4.35. The molecule has 2 aromatic carbocycles. The van der Waals surface area contributed by atoms with Crippen molar-refractivity contribution in [2.75, 3.05) is 0 Å². The molecule has 0 bridgehead atoms. The minimum atomic E-state index is -0.754. The maximum absolute atomic E-state index is 12.5. The number of carbonyl (C=O) groups excluding carboxylic acids is 1. The van der Waals surface area contributed by atoms with Crippen LogP contribution in [0.2, 0.25) is 0 Å². The van der Waals surface area contributed by atoms with Gasteiger partial charge in [-0.05, 0) is 54.9 Å². The highest BCUT2D eigenvalue weighted by Crippen LogP contribution is 2.48. The van der Waals surface area contributed by atoms with Crippen LogP contribution in [0.25, 0.3) is 0 Å². The third-order valence-electron chi connectivity index (χ3n) is 5.81. The summed E-state index contributed by atoms with van der Waals surface area (Å²) in [5, 5.41) is 12.1. The Morgan fingerprint density at radius 1 is 1.00 bits per heavy atom. The van der Waals surface area contributed by atoms with Crippen molar-refractivity contribution in [1.29, 1.82) is 0 Å². The van der Waals surface area contributed by atoms with Crippen LogP contribution in [0.1, 0.15) is 42.7 Å². The number of amides is 1. The van der Waals surface area contributed by atoms with Crippen LogP contribution in [-0.2, 0) is 16.2 Å². The molecule has 5 heteroatoms. The standard InChI is InChI=1S/C23H25NO4/c25-22(24-18-9-6-17(12-18)23(26)27)21-13-20(21)16-7-10-19(11-8-16)28-14-15-4-2-1-3-5-15/h1-5,7-8,10-11,17-18,20-21H,6,9,12-14H2,(H,24,25)(H,26,27)/t17-,18+,20?,21?/m1/s1. The number of nitrogens with one attached hydrogen (secondary N) is 1. The zero-order valence-corrected chi connectivity index (χ0v) is 15.7. The molecule has 1 amide bonds. The van der Waals surface area contributed by atoms with E-state index in [4.69, 9.17) is 9.84 Å². The van der Waals surface area contributed by atoms with E-state index in [9.17, 15) is 9.59 Å². The molecule has 0 aliphatic heterocycles. The second-order valence-corrected chi connectivity index (χ2v) is 7.85. The lowest BCUT2D eigenvalue weighted by Crippen LogP contribution is -2.34. The van der Waals surface area contributed by atoms with Crippen molar-refractivity contribution in [3.63, 3.8) is 0 Å². The Balaban J connectivity index is 1.25. The number of carboxylic acids is 1. The van der Waals surface area contributed by atoms with Gasteiger partial charge in [-0.1, -0.05) is 42.5 Å². The Kier molecular flexibility index (Phi) is 5.33. The monoisotopic (exact) mass is 379 g/mol. The average molecular weight is 379 g/mol. The van der Waals surface area contributed by atoms with Gasteiger partial charge in [0.2, 0.25) is 5.91 Å². The number of rotatable bonds is 7. The quantitative estimate of drug-likeness (QED) is 0.768. The maximum atomic E-state index is 12.5. The topological polar surface area (TPSA) is 75.6 Å². The predicted molar refractivity (Wildman–Crippen MR) is 105 cm³/mol. The SMILES string of the molecule is O=C(N[C@H]1CC[C@@H](C(=O)O)C1)C1CC1c1ccc(OCc2ccccc2)cc1. The van der Waals surface area contributed by atoms with Crippen LogP contribution in [0.5, 0.6) is 5.75 Å². The van der Waals surface area contributed by atoms with Crippen LogP contribution in [0.4, 0.5) is 0 Å². The Hall–Kier alpha value is -2.82. The van der Waals surface area contributed by atoms with Gasteiger partial charge in [0.15, 0.2) is 0 Å². The molecule has 0 radical (unpaired) electrons. The lowest BCUT2D eigenvalue weighted by atomic mass is 10.1. The van der Waals surface area contributed by atoms with Gasteiger partial charge in [-0.2, -0.15) is 0 Å². The first-order chi connectivity index (χ1) is 13.6. The summed E-state index contributed by atoms with van der Waals surface area (Å²) >= 11 is 0. The van der Waals surface area contributed by atoms with E-state index in [0.717, 1.165) is 29.7 Å². The van der Waals surface area contributed by atoms with Crippen molar-refractivity contribution in [3.8, 4) is 5.75 Å². The molecule has 5 nitrogen and oxygen atoms in total. The van der Waals surface area contributed by atoms with Crippen LogP contribution in [-0.4, -0.2) is 23.0 Å². The average Bonchev–Trinajstić information content (AvgIpc) is 3.38. The van der Waals surface area contributed by atoms with Crippen molar-refractivity contribution in [2.45, 2.75) is 44.2 Å². The Bertz CT molecular complexity index is 833. The molecule has 28 heavy (non-hydrogen) atoms. The highest BCUT2D eigenvalue weighted by Gasteiger charge is 2.45. The number of hydrogen-bond acceptors (Lipinski definition) is 3. The highest BCUT2D eigenvalue weighted by atomic mass is 16.5. The molecule has 2 aliphatic carbocycles. The van der Waals surface area contributed by atoms with Crippen molar-refractivity contribution in [1.82, 2.24) is 5.32 Å². The molecule has 0 aromatic heterocycles. The van der Waals surface area contributed by atoms with Crippen LogP contribution in [0.15, 0.2) is 54.6 Å². The van der Waals surface area contributed by atoms with Crippen molar-refractivity contribution in [2.24, 2.45) is 11.8 Å². The first kappa shape index (κ1) is 18.5. The first-order valence-electron chi connectivity index (χ1n) is 9.90. The molecule has 0 heterocycles. The Morgan fingerprint density at radius 3 is 2.43 bits per heavy atom. The van der Waals surface area contributed by atoms with Crippen LogP contribution >= 0.6 is 0 Å². The van der Waals surface area contributed by atoms with E-state index in [1.165, 1.54) is 0 Å². The van der Waals surface area contributed by atoms with Gasteiger partial charge < -0.3 is 15.2 Å². The van der Waals surface area contributed by atoms with E-state index >= 15 is 0 Å². The predicted octanol–water partition coefficient (Wildman–Crippen LogP) is 3.74. The van der Waals surface area contributed by atoms with E-state index in [-0.39, 0.29) is 29.7 Å². The molecule has 4 atom stereocenters. The summed E-state index contributed by atoms with van der Waals surface area (Å²) in [7, 11) is 0. The molecule has 146 valence electrons. The fourth-order valence-corrected chi connectivity index (χ4v) is 4.05. The van der Waals surface area contributed by atoms with Gasteiger partial charge in [0, 0.05) is 12.0 Å². The summed E-state index contributed by atoms with van der Waals surface area (Å²) in [6, 6.07) is 18.0. The van der Waals surface area contributed by atoms with Crippen molar-refractivity contribution in [3.05, 3.63) is 65.7 Å². The number of aliphatic carboxylic acids is 1. The summed E-state index contributed by atoms with van der Waals surface area (Å²) in [6.45, 7) is 0.535. The summed E-state index contributed by atoms with van der Waals surface area (Å²) in [4.78, 5) is 23.5. The summed E-state index contributed by atoms with van der Waals surface area (Å²) < 4.78 is 5.81. The van der Waals surface area contributed by atoms with Crippen molar-refractivity contribution >= 4 is 11.9 Å². The molecule has 0 spiro atoms. The fourth-order valence-electron chi connectivity index (χ4n) is 4.05. The molecular weight excluding hydrogens is 354 g/mol. The molecule has 2 saturated carbocycles. The molecule has 2 N–H and O–H groups in total. The smallest absolute Gasteiger partial charge is 0.306 e. The lowest BCUT2D eigenvalue weighted by molar-refractivity contribution is -0.141.